The van der Waals surface area contributed by atoms with Gasteiger partial charge in [-0.2, -0.15) is 26.3 Å². The van der Waals surface area contributed by atoms with Gasteiger partial charge >= 0.3 is 12.4 Å². The van der Waals surface area contributed by atoms with Crippen molar-refractivity contribution in [3.05, 3.63) is 35.4 Å². The lowest BCUT2D eigenvalue weighted by Crippen LogP contribution is -2.63. The first-order valence-corrected chi connectivity index (χ1v) is 12.7. The van der Waals surface area contributed by atoms with E-state index < -0.39 is 30.1 Å². The molecule has 0 radical (unpaired) electrons. The molecule has 36 heavy (non-hydrogen) atoms. The standard InChI is InChI=1S/C26H34F6N2O2/c1-17(2)22-16-36-24-12-10-21(14-20(24)8-9-23(35)34(22)24)33(13-3-11-25(27,28)29)15-18-4-6-19(7-5-18)26(30,31)32/h4-7,17,20-22H,3,8-16H2,1-2H3/t20-,21-,22-,24-/m1/s1. The van der Waals surface area contributed by atoms with Crippen molar-refractivity contribution in [1.82, 2.24) is 9.80 Å². The smallest absolute Gasteiger partial charge is 0.353 e. The van der Waals surface area contributed by atoms with E-state index in [2.05, 4.69) is 13.8 Å². The summed E-state index contributed by atoms with van der Waals surface area (Å²) < 4.78 is 83.8. The minimum atomic E-state index is -4.44. The fourth-order valence-corrected chi connectivity index (χ4v) is 6.26. The molecular weight excluding hydrogens is 486 g/mol. The zero-order chi connectivity index (χ0) is 26.3. The molecule has 2 saturated heterocycles. The van der Waals surface area contributed by atoms with E-state index in [-0.39, 0.29) is 49.3 Å². The van der Waals surface area contributed by atoms with Crippen molar-refractivity contribution >= 4 is 5.91 Å². The van der Waals surface area contributed by atoms with Crippen LogP contribution in [0.1, 0.15) is 69.9 Å². The number of hydrogen-bond donors (Lipinski definition) is 0. The predicted molar refractivity (Wildman–Crippen MR) is 122 cm³/mol. The molecule has 0 bridgehead atoms. The Kier molecular flexibility index (Phi) is 7.68. The van der Waals surface area contributed by atoms with Crippen LogP contribution in [0.15, 0.2) is 24.3 Å². The van der Waals surface area contributed by atoms with Crippen LogP contribution in [-0.4, -0.2) is 52.8 Å². The second-order valence-corrected chi connectivity index (χ2v) is 10.8. The Morgan fingerprint density at radius 2 is 1.81 bits per heavy atom. The van der Waals surface area contributed by atoms with E-state index in [1.807, 2.05) is 9.80 Å². The molecule has 1 amide bonds. The van der Waals surface area contributed by atoms with E-state index in [1.165, 1.54) is 12.1 Å². The third kappa shape index (κ3) is 5.69. The van der Waals surface area contributed by atoms with Gasteiger partial charge in [0.05, 0.1) is 18.2 Å². The highest BCUT2D eigenvalue weighted by atomic mass is 19.4. The third-order valence-electron chi connectivity index (χ3n) is 8.11. The number of rotatable bonds is 7. The summed E-state index contributed by atoms with van der Waals surface area (Å²) in [5.74, 6) is 0.437. The molecule has 3 fully saturated rings. The van der Waals surface area contributed by atoms with Crippen LogP contribution in [0.25, 0.3) is 0 Å². The van der Waals surface area contributed by atoms with Gasteiger partial charge in [0.2, 0.25) is 5.91 Å². The molecule has 4 rings (SSSR count). The molecule has 1 saturated carbocycles. The van der Waals surface area contributed by atoms with Crippen molar-refractivity contribution in [1.29, 1.82) is 0 Å². The molecule has 0 aromatic heterocycles. The van der Waals surface area contributed by atoms with Crippen LogP contribution in [0, 0.1) is 11.8 Å². The van der Waals surface area contributed by atoms with Gasteiger partial charge in [0.15, 0.2) is 0 Å². The van der Waals surface area contributed by atoms with Gasteiger partial charge in [0.1, 0.15) is 5.72 Å². The van der Waals surface area contributed by atoms with E-state index in [4.69, 9.17) is 4.74 Å². The van der Waals surface area contributed by atoms with E-state index in [0.717, 1.165) is 12.1 Å². The largest absolute Gasteiger partial charge is 0.416 e. The normalized spacial score (nSPS) is 29.1. The number of alkyl halides is 6. The topological polar surface area (TPSA) is 32.8 Å². The lowest BCUT2D eigenvalue weighted by atomic mass is 9.72. The number of hydrogen-bond acceptors (Lipinski definition) is 3. The lowest BCUT2D eigenvalue weighted by Gasteiger charge is -2.53. The summed E-state index contributed by atoms with van der Waals surface area (Å²) >= 11 is 0. The molecule has 4 nitrogen and oxygen atoms in total. The summed E-state index contributed by atoms with van der Waals surface area (Å²) in [4.78, 5) is 16.8. The Morgan fingerprint density at radius 3 is 2.42 bits per heavy atom. The summed E-state index contributed by atoms with van der Waals surface area (Å²) in [7, 11) is 0. The van der Waals surface area contributed by atoms with E-state index in [1.54, 1.807) is 0 Å². The van der Waals surface area contributed by atoms with Crippen LogP contribution in [-0.2, 0) is 22.3 Å². The highest BCUT2D eigenvalue weighted by molar-refractivity contribution is 5.78. The zero-order valence-corrected chi connectivity index (χ0v) is 20.7. The molecule has 0 unspecified atom stereocenters. The van der Waals surface area contributed by atoms with Crippen LogP contribution in [0.3, 0.4) is 0 Å². The van der Waals surface area contributed by atoms with Gasteiger partial charge in [-0.25, -0.2) is 0 Å². The average Bonchev–Trinajstić information content (AvgIpc) is 3.18. The van der Waals surface area contributed by atoms with E-state index >= 15 is 0 Å². The highest BCUT2D eigenvalue weighted by Crippen LogP contribution is 2.51. The Balaban J connectivity index is 1.51. The Morgan fingerprint density at radius 1 is 1.11 bits per heavy atom. The molecule has 4 atom stereocenters. The third-order valence-corrected chi connectivity index (χ3v) is 8.11. The van der Waals surface area contributed by atoms with Gasteiger partial charge in [-0.1, -0.05) is 26.0 Å². The number of benzene rings is 1. The number of halogens is 6. The van der Waals surface area contributed by atoms with Crippen molar-refractivity contribution in [3.63, 3.8) is 0 Å². The van der Waals surface area contributed by atoms with Crippen molar-refractivity contribution in [2.24, 2.45) is 11.8 Å². The number of piperidine rings is 1. The first-order chi connectivity index (χ1) is 16.8. The summed E-state index contributed by atoms with van der Waals surface area (Å²) in [6.45, 7) is 5.11. The van der Waals surface area contributed by atoms with Gasteiger partial charge in [-0.05, 0) is 62.3 Å². The molecular formula is C26H34F6N2O2. The van der Waals surface area contributed by atoms with Crippen molar-refractivity contribution in [2.75, 3.05) is 13.2 Å². The number of amides is 1. The lowest BCUT2D eigenvalue weighted by molar-refractivity contribution is -0.192. The molecule has 0 N–H and O–H groups in total. The van der Waals surface area contributed by atoms with E-state index in [0.29, 0.717) is 44.3 Å². The number of carbonyl (C=O) groups excluding carboxylic acids is 1. The quantitative estimate of drug-likeness (QED) is 0.391. The van der Waals surface area contributed by atoms with Gasteiger partial charge in [-0.3, -0.25) is 9.69 Å². The molecule has 10 heteroatoms. The monoisotopic (exact) mass is 520 g/mol. The maximum Gasteiger partial charge on any atom is 0.416 e. The molecule has 3 aliphatic rings. The number of carbonyl (C=O) groups is 1. The van der Waals surface area contributed by atoms with E-state index in [9.17, 15) is 31.1 Å². The average molecular weight is 521 g/mol. The summed E-state index contributed by atoms with van der Waals surface area (Å²) in [5.41, 5.74) is -0.764. The van der Waals surface area contributed by atoms with Gasteiger partial charge < -0.3 is 9.64 Å². The predicted octanol–water partition coefficient (Wildman–Crippen LogP) is 6.39. The molecule has 2 heterocycles. The van der Waals surface area contributed by atoms with Crippen molar-refractivity contribution in [3.8, 4) is 0 Å². The maximum atomic E-state index is 13.0. The summed E-state index contributed by atoms with van der Waals surface area (Å²) in [5, 5.41) is 0. The second kappa shape index (κ2) is 10.2. The highest BCUT2D eigenvalue weighted by Gasteiger charge is 2.59. The SMILES string of the molecule is CC(C)[C@H]1CO[C@]23CC[C@@H](N(CCCC(F)(F)F)Cc4ccc(C(F)(F)F)cc4)C[C@H]2CCC(=O)N13. The van der Waals surface area contributed by atoms with Crippen molar-refractivity contribution in [2.45, 2.75) is 95.5 Å². The number of nitrogens with zero attached hydrogens (tertiary/aromatic N) is 2. The molecule has 2 aliphatic heterocycles. The first-order valence-electron chi connectivity index (χ1n) is 12.7. The molecule has 1 aliphatic carbocycles. The molecule has 1 aromatic carbocycles. The fraction of sp³-hybridized carbons (Fsp3) is 0.731. The fourth-order valence-electron chi connectivity index (χ4n) is 6.26. The van der Waals surface area contributed by atoms with Gasteiger partial charge in [-0.15, -0.1) is 0 Å². The minimum Gasteiger partial charge on any atom is -0.353 e. The molecule has 1 aromatic rings. The van der Waals surface area contributed by atoms with Crippen LogP contribution >= 0.6 is 0 Å². The van der Waals surface area contributed by atoms with Crippen LogP contribution in [0.2, 0.25) is 0 Å². The van der Waals surface area contributed by atoms with Gasteiger partial charge in [0.25, 0.3) is 0 Å². The Hall–Kier alpha value is -1.81. The van der Waals surface area contributed by atoms with Crippen molar-refractivity contribution < 1.29 is 35.9 Å². The van der Waals surface area contributed by atoms with Gasteiger partial charge in [0, 0.05) is 31.3 Å². The second-order valence-electron chi connectivity index (χ2n) is 10.8. The number of ether oxygens (including phenoxy) is 1. The van der Waals surface area contributed by atoms with Crippen LogP contribution in [0.4, 0.5) is 26.3 Å². The Bertz CT molecular complexity index is 916. The minimum absolute atomic E-state index is 0.0203. The first kappa shape index (κ1) is 27.2. The maximum absolute atomic E-state index is 13.0. The van der Waals surface area contributed by atoms with Crippen LogP contribution < -0.4 is 0 Å². The molecule has 1 spiro atoms. The summed E-state index contributed by atoms with van der Waals surface area (Å²) in [6.07, 6.45) is -6.64. The summed E-state index contributed by atoms with van der Waals surface area (Å²) in [6, 6.07) is 4.82. The van der Waals surface area contributed by atoms with Crippen LogP contribution in [0.5, 0.6) is 0 Å². The zero-order valence-electron chi connectivity index (χ0n) is 20.7. The Labute approximate surface area is 208 Å². The molecule has 202 valence electrons.